The average molecular weight is 347 g/mol. The molecule has 26 heavy (non-hydrogen) atoms. The van der Waals surface area contributed by atoms with Crippen LogP contribution in [0.1, 0.15) is 37.4 Å². The standard InChI is InChI=1S/C21H21N3O2/c1-21(2)20(25)19(17-13-15(14-23)9-10-18(17)26-21)24(12-6-11-22)16-7-4-3-5-8-16/h3-5,7-10,13,19-20,25H,6,12H2,1-2H3/t19?,20-/m1/s1. The molecule has 0 spiro atoms. The summed E-state index contributed by atoms with van der Waals surface area (Å²) in [6, 6.07) is 18.9. The van der Waals surface area contributed by atoms with Crippen LogP contribution < -0.4 is 9.64 Å². The van der Waals surface area contributed by atoms with Gasteiger partial charge < -0.3 is 14.7 Å². The van der Waals surface area contributed by atoms with Crippen molar-refractivity contribution in [3.8, 4) is 17.9 Å². The van der Waals surface area contributed by atoms with Crippen LogP contribution >= 0.6 is 0 Å². The van der Waals surface area contributed by atoms with Gasteiger partial charge in [-0.2, -0.15) is 10.5 Å². The molecule has 5 nitrogen and oxygen atoms in total. The van der Waals surface area contributed by atoms with E-state index in [1.54, 1.807) is 18.2 Å². The first-order valence-corrected chi connectivity index (χ1v) is 8.57. The molecule has 0 amide bonds. The van der Waals surface area contributed by atoms with Crippen molar-refractivity contribution in [2.45, 2.75) is 38.0 Å². The third kappa shape index (κ3) is 3.22. The minimum Gasteiger partial charge on any atom is -0.485 e. The number of hydrogen-bond acceptors (Lipinski definition) is 5. The fourth-order valence-electron chi connectivity index (χ4n) is 3.39. The van der Waals surface area contributed by atoms with Crippen molar-refractivity contribution in [2.24, 2.45) is 0 Å². The van der Waals surface area contributed by atoms with Gasteiger partial charge in [-0.3, -0.25) is 0 Å². The van der Waals surface area contributed by atoms with Crippen molar-refractivity contribution in [1.29, 1.82) is 10.5 Å². The average Bonchev–Trinajstić information content (AvgIpc) is 2.65. The van der Waals surface area contributed by atoms with E-state index in [0.29, 0.717) is 24.3 Å². The minimum absolute atomic E-state index is 0.326. The number of nitrogens with zero attached hydrogens (tertiary/aromatic N) is 3. The Morgan fingerprint density at radius 3 is 2.54 bits per heavy atom. The van der Waals surface area contributed by atoms with Gasteiger partial charge in [0.1, 0.15) is 17.5 Å². The molecule has 0 fully saturated rings. The zero-order valence-electron chi connectivity index (χ0n) is 14.9. The van der Waals surface area contributed by atoms with Gasteiger partial charge in [0.15, 0.2) is 0 Å². The topological polar surface area (TPSA) is 80.3 Å². The van der Waals surface area contributed by atoms with Crippen LogP contribution in [0.3, 0.4) is 0 Å². The largest absolute Gasteiger partial charge is 0.485 e. The van der Waals surface area contributed by atoms with E-state index < -0.39 is 17.7 Å². The SMILES string of the molecule is CC1(C)Oc2ccc(C#N)cc2C(N(CCC#N)c2ccccc2)[C@H]1O. The highest BCUT2D eigenvalue weighted by Gasteiger charge is 2.45. The van der Waals surface area contributed by atoms with E-state index >= 15 is 0 Å². The Hall–Kier alpha value is -3.02. The quantitative estimate of drug-likeness (QED) is 0.915. The molecular weight excluding hydrogens is 326 g/mol. The molecule has 1 aliphatic rings. The maximum absolute atomic E-state index is 11.1. The molecule has 1 N–H and O–H groups in total. The van der Waals surface area contributed by atoms with Gasteiger partial charge >= 0.3 is 0 Å². The normalized spacial score (nSPS) is 20.2. The van der Waals surface area contributed by atoms with Crippen molar-refractivity contribution >= 4 is 5.69 Å². The first-order chi connectivity index (χ1) is 12.5. The van der Waals surface area contributed by atoms with E-state index in [1.807, 2.05) is 49.1 Å². The maximum Gasteiger partial charge on any atom is 0.132 e. The molecule has 2 aromatic carbocycles. The smallest absolute Gasteiger partial charge is 0.132 e. The zero-order valence-corrected chi connectivity index (χ0v) is 14.9. The van der Waals surface area contributed by atoms with Crippen LogP contribution in [0, 0.1) is 22.7 Å². The summed E-state index contributed by atoms with van der Waals surface area (Å²) in [5.41, 5.74) is 1.39. The molecule has 2 aromatic rings. The van der Waals surface area contributed by atoms with E-state index in [1.165, 1.54) is 0 Å². The lowest BCUT2D eigenvalue weighted by molar-refractivity contribution is -0.0586. The van der Waals surface area contributed by atoms with E-state index in [4.69, 9.17) is 10.00 Å². The Kier molecular flexibility index (Phi) is 4.84. The number of fused-ring (bicyclic) bond motifs is 1. The summed E-state index contributed by atoms with van der Waals surface area (Å²) in [5.74, 6) is 0.655. The number of aliphatic hydroxyl groups excluding tert-OH is 1. The second-order valence-corrected chi connectivity index (χ2v) is 6.90. The number of para-hydroxylation sites is 1. The molecule has 0 bridgehead atoms. The lowest BCUT2D eigenvalue weighted by Crippen LogP contribution is -2.54. The van der Waals surface area contributed by atoms with Gasteiger partial charge in [0.25, 0.3) is 0 Å². The summed E-state index contributed by atoms with van der Waals surface area (Å²) < 4.78 is 6.00. The Morgan fingerprint density at radius 2 is 1.88 bits per heavy atom. The summed E-state index contributed by atoms with van der Waals surface area (Å²) in [6.07, 6.45) is -0.505. The molecule has 1 heterocycles. The minimum atomic E-state index is -0.831. The lowest BCUT2D eigenvalue weighted by Gasteiger charge is -2.47. The highest BCUT2D eigenvalue weighted by Crippen LogP contribution is 2.44. The third-order valence-corrected chi connectivity index (χ3v) is 4.73. The second-order valence-electron chi connectivity index (χ2n) is 6.90. The van der Waals surface area contributed by atoms with Crippen LogP contribution in [0.25, 0.3) is 0 Å². The molecule has 0 saturated heterocycles. The molecule has 3 rings (SSSR count). The van der Waals surface area contributed by atoms with Crippen LogP contribution in [0.2, 0.25) is 0 Å². The fourth-order valence-corrected chi connectivity index (χ4v) is 3.39. The summed E-state index contributed by atoms with van der Waals surface area (Å²) in [5, 5.41) is 29.5. The third-order valence-electron chi connectivity index (χ3n) is 4.73. The fraction of sp³-hybridized carbons (Fsp3) is 0.333. The van der Waals surface area contributed by atoms with Crippen LogP contribution in [0.4, 0.5) is 5.69 Å². The van der Waals surface area contributed by atoms with Crippen molar-refractivity contribution in [2.75, 3.05) is 11.4 Å². The van der Waals surface area contributed by atoms with E-state index in [2.05, 4.69) is 12.1 Å². The summed E-state index contributed by atoms with van der Waals surface area (Å²) >= 11 is 0. The molecule has 1 aliphatic heterocycles. The Morgan fingerprint density at radius 1 is 1.15 bits per heavy atom. The van der Waals surface area contributed by atoms with Crippen LogP contribution in [-0.2, 0) is 0 Å². The van der Waals surface area contributed by atoms with Crippen LogP contribution in [0.15, 0.2) is 48.5 Å². The predicted molar refractivity (Wildman–Crippen MR) is 98.6 cm³/mol. The molecule has 132 valence electrons. The van der Waals surface area contributed by atoms with Crippen molar-refractivity contribution in [3.05, 3.63) is 59.7 Å². The van der Waals surface area contributed by atoms with Gasteiger partial charge in [-0.25, -0.2) is 0 Å². The Bertz CT molecular complexity index is 865. The van der Waals surface area contributed by atoms with Gasteiger partial charge in [0.05, 0.1) is 30.2 Å². The molecule has 0 aliphatic carbocycles. The molecule has 2 atom stereocenters. The molecule has 0 saturated carbocycles. The number of aliphatic hydroxyl groups is 1. The first kappa shape index (κ1) is 17.8. The molecular formula is C21H21N3O2. The molecule has 0 aromatic heterocycles. The number of rotatable bonds is 4. The van der Waals surface area contributed by atoms with Crippen LogP contribution in [-0.4, -0.2) is 23.4 Å². The molecule has 5 heteroatoms. The first-order valence-electron chi connectivity index (χ1n) is 8.57. The number of nitriles is 2. The van der Waals surface area contributed by atoms with Gasteiger partial charge in [-0.1, -0.05) is 18.2 Å². The number of benzene rings is 2. The van der Waals surface area contributed by atoms with Gasteiger partial charge in [0.2, 0.25) is 0 Å². The van der Waals surface area contributed by atoms with Crippen molar-refractivity contribution in [3.63, 3.8) is 0 Å². The van der Waals surface area contributed by atoms with E-state index in [9.17, 15) is 10.4 Å². The monoisotopic (exact) mass is 347 g/mol. The second kappa shape index (κ2) is 7.07. The van der Waals surface area contributed by atoms with Crippen molar-refractivity contribution < 1.29 is 9.84 Å². The Labute approximate surface area is 153 Å². The highest BCUT2D eigenvalue weighted by molar-refractivity contribution is 5.54. The lowest BCUT2D eigenvalue weighted by atomic mass is 9.84. The number of anilines is 1. The van der Waals surface area contributed by atoms with Crippen molar-refractivity contribution in [1.82, 2.24) is 0 Å². The Balaban J connectivity index is 2.15. The predicted octanol–water partition coefficient (Wildman–Crippen LogP) is 3.55. The van der Waals surface area contributed by atoms with Gasteiger partial charge in [0, 0.05) is 17.8 Å². The van der Waals surface area contributed by atoms with Gasteiger partial charge in [-0.15, -0.1) is 0 Å². The maximum atomic E-state index is 11.1. The summed E-state index contributed by atoms with van der Waals surface area (Å²) in [6.45, 7) is 4.16. The van der Waals surface area contributed by atoms with E-state index in [-0.39, 0.29) is 0 Å². The van der Waals surface area contributed by atoms with E-state index in [0.717, 1.165) is 11.3 Å². The number of ether oxygens (including phenoxy) is 1. The van der Waals surface area contributed by atoms with Gasteiger partial charge in [-0.05, 0) is 44.2 Å². The summed E-state index contributed by atoms with van der Waals surface area (Å²) in [4.78, 5) is 2.03. The number of hydrogen-bond donors (Lipinski definition) is 1. The van der Waals surface area contributed by atoms with Crippen LogP contribution in [0.5, 0.6) is 5.75 Å². The molecule has 0 radical (unpaired) electrons. The highest BCUT2D eigenvalue weighted by atomic mass is 16.5. The summed E-state index contributed by atoms with van der Waals surface area (Å²) in [7, 11) is 0. The zero-order chi connectivity index (χ0) is 18.7. The molecule has 1 unspecified atom stereocenters.